The van der Waals surface area contributed by atoms with Crippen molar-refractivity contribution in [3.63, 3.8) is 0 Å². The maximum absolute atomic E-state index is 11.1. The maximum Gasteiger partial charge on any atom is 0.237 e. The average Bonchev–Trinajstić information content (AvgIpc) is 2.43. The van der Waals surface area contributed by atoms with Gasteiger partial charge in [0.15, 0.2) is 0 Å². The summed E-state index contributed by atoms with van der Waals surface area (Å²) in [5.41, 5.74) is 5.61. The molecule has 1 aromatic heterocycles. The lowest BCUT2D eigenvalue weighted by Gasteiger charge is -2.21. The topological polar surface area (TPSA) is 68.0 Å². The van der Waals surface area contributed by atoms with Crippen LogP contribution in [-0.2, 0) is 11.3 Å². The lowest BCUT2D eigenvalue weighted by atomic mass is 10.1. The van der Waals surface area contributed by atoms with E-state index in [1.54, 1.807) is 25.2 Å². The summed E-state index contributed by atoms with van der Waals surface area (Å²) in [4.78, 5) is 16.6. The van der Waals surface area contributed by atoms with Gasteiger partial charge in [-0.3, -0.25) is 10.1 Å². The molecule has 0 aliphatic rings. The molecule has 0 radical (unpaired) electrons. The van der Waals surface area contributed by atoms with Crippen molar-refractivity contribution in [2.24, 2.45) is 5.73 Å². The van der Waals surface area contributed by atoms with E-state index in [4.69, 9.17) is 5.73 Å². The van der Waals surface area contributed by atoms with Crippen molar-refractivity contribution < 1.29 is 4.79 Å². The van der Waals surface area contributed by atoms with Crippen molar-refractivity contribution >= 4 is 17.2 Å². The fourth-order valence-corrected chi connectivity index (χ4v) is 1.87. The number of carbonyl (C=O) groups is 1. The van der Waals surface area contributed by atoms with Crippen LogP contribution in [0.2, 0.25) is 0 Å². The number of nitrogens with two attached hydrogens (primary N) is 1. The zero-order chi connectivity index (χ0) is 11.6. The van der Waals surface area contributed by atoms with E-state index in [0.717, 1.165) is 10.7 Å². The number of aryl methyl sites for hydroxylation is 2. The first kappa shape index (κ1) is 12.1. The van der Waals surface area contributed by atoms with Crippen LogP contribution in [0.1, 0.15) is 29.4 Å². The summed E-state index contributed by atoms with van der Waals surface area (Å²) in [7, 11) is 0. The van der Waals surface area contributed by atoms with Crippen molar-refractivity contribution in [3.8, 4) is 0 Å². The molecule has 0 saturated carbocycles. The highest BCUT2D eigenvalue weighted by Crippen LogP contribution is 2.16. The minimum atomic E-state index is -0.687. The smallest absolute Gasteiger partial charge is 0.237 e. The van der Waals surface area contributed by atoms with E-state index in [-0.39, 0.29) is 5.91 Å². The summed E-state index contributed by atoms with van der Waals surface area (Å²) in [5.74, 6) is -0.354. The fraction of sp³-hybridized carbons (Fsp3) is 0.600. The number of primary amides is 1. The third-order valence-corrected chi connectivity index (χ3v) is 3.44. The first-order valence-electron chi connectivity index (χ1n) is 4.81. The van der Waals surface area contributed by atoms with Crippen LogP contribution < -0.4 is 11.1 Å². The molecular weight excluding hydrogens is 210 g/mol. The third kappa shape index (κ3) is 3.00. The highest BCUT2D eigenvalue weighted by atomic mass is 32.1. The molecule has 0 aliphatic carbocycles. The van der Waals surface area contributed by atoms with Gasteiger partial charge in [-0.05, 0) is 27.7 Å². The molecule has 0 spiro atoms. The molecule has 15 heavy (non-hydrogen) atoms. The molecule has 0 bridgehead atoms. The van der Waals surface area contributed by atoms with Crippen molar-refractivity contribution in [2.75, 3.05) is 0 Å². The number of nitrogens with one attached hydrogen (secondary N) is 1. The first-order valence-corrected chi connectivity index (χ1v) is 5.62. The van der Waals surface area contributed by atoms with Gasteiger partial charge in [-0.1, -0.05) is 0 Å². The van der Waals surface area contributed by atoms with E-state index < -0.39 is 5.54 Å². The van der Waals surface area contributed by atoms with E-state index in [1.165, 1.54) is 4.88 Å². The molecule has 1 rings (SSSR count). The molecule has 1 heterocycles. The zero-order valence-corrected chi connectivity index (χ0v) is 10.4. The maximum atomic E-state index is 11.1. The minimum absolute atomic E-state index is 0.354. The largest absolute Gasteiger partial charge is 0.368 e. The lowest BCUT2D eigenvalue weighted by molar-refractivity contribution is -0.123. The molecular formula is C10H17N3OS. The van der Waals surface area contributed by atoms with E-state index in [2.05, 4.69) is 10.3 Å². The molecule has 0 unspecified atom stereocenters. The van der Waals surface area contributed by atoms with Crippen molar-refractivity contribution in [1.82, 2.24) is 10.3 Å². The summed E-state index contributed by atoms with van der Waals surface area (Å²) in [6.45, 7) is 8.13. The van der Waals surface area contributed by atoms with Gasteiger partial charge < -0.3 is 5.73 Å². The summed E-state index contributed by atoms with van der Waals surface area (Å²) < 4.78 is 0. The molecule has 5 heteroatoms. The standard InChI is InChI=1S/C10H17N3OS/c1-6-7(2)15-8(13-6)5-12-10(3,4)9(11)14/h12H,5H2,1-4H3,(H2,11,14). The van der Waals surface area contributed by atoms with Crippen LogP contribution in [0.5, 0.6) is 0 Å². The first-order chi connectivity index (χ1) is 6.83. The van der Waals surface area contributed by atoms with Crippen LogP contribution >= 0.6 is 11.3 Å². The van der Waals surface area contributed by atoms with E-state index >= 15 is 0 Å². The van der Waals surface area contributed by atoms with Gasteiger partial charge in [-0.15, -0.1) is 11.3 Å². The van der Waals surface area contributed by atoms with E-state index in [0.29, 0.717) is 6.54 Å². The molecule has 4 nitrogen and oxygen atoms in total. The van der Waals surface area contributed by atoms with Crippen molar-refractivity contribution in [3.05, 3.63) is 15.6 Å². The Hall–Kier alpha value is -0.940. The number of nitrogens with zero attached hydrogens (tertiary/aromatic N) is 1. The Labute approximate surface area is 93.9 Å². The number of carbonyl (C=O) groups excluding carboxylic acids is 1. The minimum Gasteiger partial charge on any atom is -0.368 e. The number of thiazole rings is 1. The van der Waals surface area contributed by atoms with Gasteiger partial charge in [-0.25, -0.2) is 4.98 Å². The molecule has 3 N–H and O–H groups in total. The fourth-order valence-electron chi connectivity index (χ4n) is 0.998. The van der Waals surface area contributed by atoms with Gasteiger partial charge in [0.2, 0.25) is 5.91 Å². The van der Waals surface area contributed by atoms with Crippen LogP contribution in [0.15, 0.2) is 0 Å². The van der Waals surface area contributed by atoms with Crippen LogP contribution in [0, 0.1) is 13.8 Å². The highest BCUT2D eigenvalue weighted by Gasteiger charge is 2.24. The molecule has 0 atom stereocenters. The Morgan fingerprint density at radius 3 is 2.53 bits per heavy atom. The number of rotatable bonds is 4. The summed E-state index contributed by atoms with van der Waals surface area (Å²) in [5, 5.41) is 4.07. The van der Waals surface area contributed by atoms with Gasteiger partial charge >= 0.3 is 0 Å². The SMILES string of the molecule is Cc1nc(CNC(C)(C)C(N)=O)sc1C. The number of aromatic nitrogens is 1. The number of amides is 1. The van der Waals surface area contributed by atoms with Gasteiger partial charge in [0.1, 0.15) is 5.01 Å². The lowest BCUT2D eigenvalue weighted by Crippen LogP contribution is -2.50. The van der Waals surface area contributed by atoms with Gasteiger partial charge in [0.05, 0.1) is 11.2 Å². The Morgan fingerprint density at radius 1 is 1.53 bits per heavy atom. The second-order valence-corrected chi connectivity index (χ2v) is 5.38. The van der Waals surface area contributed by atoms with Gasteiger partial charge in [-0.2, -0.15) is 0 Å². The van der Waals surface area contributed by atoms with Crippen LogP contribution in [0.25, 0.3) is 0 Å². The van der Waals surface area contributed by atoms with Crippen LogP contribution in [0.4, 0.5) is 0 Å². The predicted octanol–water partition coefficient (Wildman–Crippen LogP) is 1.11. The summed E-state index contributed by atoms with van der Waals surface area (Å²) in [6.07, 6.45) is 0. The van der Waals surface area contributed by atoms with Crippen LogP contribution in [0.3, 0.4) is 0 Å². The zero-order valence-electron chi connectivity index (χ0n) is 9.55. The van der Waals surface area contributed by atoms with E-state index in [9.17, 15) is 4.79 Å². The second-order valence-electron chi connectivity index (χ2n) is 4.09. The van der Waals surface area contributed by atoms with Crippen LogP contribution in [-0.4, -0.2) is 16.4 Å². The number of hydrogen-bond acceptors (Lipinski definition) is 4. The number of hydrogen-bond donors (Lipinski definition) is 2. The summed E-state index contributed by atoms with van der Waals surface area (Å²) in [6, 6.07) is 0. The normalized spacial score (nSPS) is 11.7. The third-order valence-electron chi connectivity index (χ3n) is 2.37. The summed E-state index contributed by atoms with van der Waals surface area (Å²) >= 11 is 1.64. The Bertz CT molecular complexity index is 351. The van der Waals surface area contributed by atoms with E-state index in [1.807, 2.05) is 13.8 Å². The molecule has 0 fully saturated rings. The Kier molecular flexibility index (Phi) is 3.46. The van der Waals surface area contributed by atoms with Gasteiger partial charge in [0, 0.05) is 11.4 Å². The molecule has 1 aromatic rings. The molecule has 84 valence electrons. The molecule has 0 saturated heterocycles. The quantitative estimate of drug-likeness (QED) is 0.809. The van der Waals surface area contributed by atoms with Gasteiger partial charge in [0.25, 0.3) is 0 Å². The molecule has 0 aliphatic heterocycles. The Morgan fingerprint density at radius 2 is 2.13 bits per heavy atom. The molecule has 0 aromatic carbocycles. The average molecular weight is 227 g/mol. The van der Waals surface area contributed by atoms with Crippen molar-refractivity contribution in [1.29, 1.82) is 0 Å². The molecule has 1 amide bonds. The second kappa shape index (κ2) is 4.28. The Balaban J connectivity index is 2.61. The predicted molar refractivity (Wildman–Crippen MR) is 61.7 cm³/mol. The monoisotopic (exact) mass is 227 g/mol. The highest BCUT2D eigenvalue weighted by molar-refractivity contribution is 7.11. The van der Waals surface area contributed by atoms with Crippen molar-refractivity contribution in [2.45, 2.75) is 39.8 Å².